The molecule has 2 rings (SSSR count). The van der Waals surface area contributed by atoms with Crippen molar-refractivity contribution >= 4 is 23.3 Å². The van der Waals surface area contributed by atoms with Crippen LogP contribution in [0.5, 0.6) is 0 Å². The lowest BCUT2D eigenvalue weighted by Gasteiger charge is -2.34. The van der Waals surface area contributed by atoms with Crippen molar-refractivity contribution in [2.24, 2.45) is 5.92 Å². The minimum Gasteiger partial charge on any atom is -0.391 e. The number of nitrogens with one attached hydrogen (secondary N) is 1. The highest BCUT2D eigenvalue weighted by Gasteiger charge is 2.27. The summed E-state index contributed by atoms with van der Waals surface area (Å²) >= 11 is 5.92. The smallest absolute Gasteiger partial charge is 0.321 e. The van der Waals surface area contributed by atoms with Crippen LogP contribution in [0.3, 0.4) is 0 Å². The zero-order valence-corrected chi connectivity index (χ0v) is 11.9. The van der Waals surface area contributed by atoms with Crippen molar-refractivity contribution in [3.63, 3.8) is 0 Å². The molecule has 0 spiro atoms. The first-order valence-corrected chi connectivity index (χ1v) is 6.85. The molecule has 1 fully saturated rings. The van der Waals surface area contributed by atoms with Crippen molar-refractivity contribution in [2.45, 2.75) is 26.4 Å². The first-order chi connectivity index (χ1) is 8.97. The Balaban J connectivity index is 2.03. The number of amides is 2. The molecule has 1 aliphatic heterocycles. The number of hydrogen-bond acceptors (Lipinski definition) is 2. The highest BCUT2D eigenvalue weighted by atomic mass is 35.5. The lowest BCUT2D eigenvalue weighted by atomic mass is 9.96. The van der Waals surface area contributed by atoms with Crippen molar-refractivity contribution < 1.29 is 9.90 Å². The number of β-amino-alcohol motifs (C(OH)–C–C–N with tert-alkyl or cyclic N) is 1. The van der Waals surface area contributed by atoms with Crippen LogP contribution in [0, 0.1) is 12.8 Å². The van der Waals surface area contributed by atoms with Gasteiger partial charge in [0, 0.05) is 23.8 Å². The molecule has 5 heteroatoms. The van der Waals surface area contributed by atoms with Crippen molar-refractivity contribution in [2.75, 3.05) is 18.4 Å². The Hall–Kier alpha value is -1.26. The topological polar surface area (TPSA) is 52.6 Å². The Morgan fingerprint density at radius 2 is 2.26 bits per heavy atom. The summed E-state index contributed by atoms with van der Waals surface area (Å²) in [5.41, 5.74) is 1.68. The fourth-order valence-corrected chi connectivity index (χ4v) is 2.33. The number of aliphatic hydroxyl groups excluding tert-OH is 1. The Morgan fingerprint density at radius 1 is 1.53 bits per heavy atom. The zero-order chi connectivity index (χ0) is 14.0. The molecule has 2 unspecified atom stereocenters. The van der Waals surface area contributed by atoms with Gasteiger partial charge in [-0.3, -0.25) is 0 Å². The number of benzene rings is 1. The van der Waals surface area contributed by atoms with E-state index in [1.54, 1.807) is 17.0 Å². The highest BCUT2D eigenvalue weighted by Crippen LogP contribution is 2.22. The Labute approximate surface area is 118 Å². The van der Waals surface area contributed by atoms with Gasteiger partial charge >= 0.3 is 6.03 Å². The van der Waals surface area contributed by atoms with E-state index in [0.29, 0.717) is 23.8 Å². The van der Waals surface area contributed by atoms with Gasteiger partial charge in [-0.15, -0.1) is 0 Å². The summed E-state index contributed by atoms with van der Waals surface area (Å²) in [5.74, 6) is 0.247. The standard InChI is InChI=1S/C14H19ClN2O2/c1-9-3-4-11(15)7-12(9)16-14(19)17-6-5-10(2)13(18)8-17/h3-4,7,10,13,18H,5-6,8H2,1-2H3,(H,16,19). The molecule has 0 aliphatic carbocycles. The molecule has 1 saturated heterocycles. The molecule has 1 aliphatic rings. The number of carbonyl (C=O) groups excluding carboxylic acids is 1. The van der Waals surface area contributed by atoms with Crippen LogP contribution in [0.25, 0.3) is 0 Å². The van der Waals surface area contributed by atoms with Crippen LogP contribution in [0.4, 0.5) is 10.5 Å². The first kappa shape index (κ1) is 14.2. The molecule has 4 nitrogen and oxygen atoms in total. The average molecular weight is 283 g/mol. The van der Waals surface area contributed by atoms with Crippen molar-refractivity contribution in [1.82, 2.24) is 4.90 Å². The van der Waals surface area contributed by atoms with E-state index >= 15 is 0 Å². The second kappa shape index (κ2) is 5.80. The van der Waals surface area contributed by atoms with Crippen LogP contribution >= 0.6 is 11.6 Å². The largest absolute Gasteiger partial charge is 0.391 e. The SMILES string of the molecule is Cc1ccc(Cl)cc1NC(=O)N1CCC(C)C(O)C1. The number of rotatable bonds is 1. The predicted molar refractivity (Wildman–Crippen MR) is 76.6 cm³/mol. The molecular formula is C14H19ClN2O2. The molecule has 2 N–H and O–H groups in total. The second-order valence-electron chi connectivity index (χ2n) is 5.17. The van der Waals surface area contributed by atoms with Gasteiger partial charge in [0.05, 0.1) is 6.10 Å². The molecule has 1 aromatic carbocycles. The van der Waals surface area contributed by atoms with E-state index in [0.717, 1.165) is 12.0 Å². The lowest BCUT2D eigenvalue weighted by Crippen LogP contribution is -2.47. The number of aryl methyl sites for hydroxylation is 1. The normalized spacial score (nSPS) is 23.3. The lowest BCUT2D eigenvalue weighted by molar-refractivity contribution is 0.0464. The molecular weight excluding hydrogens is 264 g/mol. The van der Waals surface area contributed by atoms with Crippen LogP contribution < -0.4 is 5.32 Å². The summed E-state index contributed by atoms with van der Waals surface area (Å²) in [5, 5.41) is 13.3. The van der Waals surface area contributed by atoms with E-state index in [-0.39, 0.29) is 11.9 Å². The van der Waals surface area contributed by atoms with E-state index in [1.165, 1.54) is 0 Å². The Kier molecular flexibility index (Phi) is 4.32. The third-order valence-corrected chi connectivity index (χ3v) is 3.88. The summed E-state index contributed by atoms with van der Waals surface area (Å²) in [6, 6.07) is 5.21. The molecule has 0 aromatic heterocycles. The summed E-state index contributed by atoms with van der Waals surface area (Å²) in [6.07, 6.45) is 0.378. The Morgan fingerprint density at radius 3 is 2.95 bits per heavy atom. The molecule has 0 saturated carbocycles. The van der Waals surface area contributed by atoms with Gasteiger partial charge in [0.15, 0.2) is 0 Å². The van der Waals surface area contributed by atoms with E-state index in [9.17, 15) is 9.90 Å². The van der Waals surface area contributed by atoms with Gasteiger partial charge in [-0.25, -0.2) is 4.79 Å². The average Bonchev–Trinajstić information content (AvgIpc) is 2.37. The molecule has 19 heavy (non-hydrogen) atoms. The fourth-order valence-electron chi connectivity index (χ4n) is 2.16. The fraction of sp³-hybridized carbons (Fsp3) is 0.500. The summed E-state index contributed by atoms with van der Waals surface area (Å²) in [7, 11) is 0. The maximum atomic E-state index is 12.1. The van der Waals surface area contributed by atoms with Gasteiger partial charge in [0.25, 0.3) is 0 Å². The van der Waals surface area contributed by atoms with Gasteiger partial charge in [-0.05, 0) is 37.0 Å². The van der Waals surface area contributed by atoms with Crippen molar-refractivity contribution in [1.29, 1.82) is 0 Å². The third-order valence-electron chi connectivity index (χ3n) is 3.65. The molecule has 2 atom stereocenters. The number of halogens is 1. The van der Waals surface area contributed by atoms with Crippen molar-refractivity contribution in [3.8, 4) is 0 Å². The van der Waals surface area contributed by atoms with Gasteiger partial charge in [-0.2, -0.15) is 0 Å². The maximum absolute atomic E-state index is 12.1. The van der Waals surface area contributed by atoms with Gasteiger partial charge in [0.2, 0.25) is 0 Å². The predicted octanol–water partition coefficient (Wildman–Crippen LogP) is 2.88. The third kappa shape index (κ3) is 3.39. The van der Waals surface area contributed by atoms with E-state index < -0.39 is 6.10 Å². The number of anilines is 1. The van der Waals surface area contributed by atoms with Gasteiger partial charge in [-0.1, -0.05) is 24.6 Å². The maximum Gasteiger partial charge on any atom is 0.321 e. The van der Waals surface area contributed by atoms with E-state index in [1.807, 2.05) is 19.9 Å². The summed E-state index contributed by atoms with van der Waals surface area (Å²) < 4.78 is 0. The van der Waals surface area contributed by atoms with Crippen LogP contribution in [0.15, 0.2) is 18.2 Å². The number of likely N-dealkylation sites (tertiary alicyclic amines) is 1. The minimum absolute atomic E-state index is 0.184. The monoisotopic (exact) mass is 282 g/mol. The highest BCUT2D eigenvalue weighted by molar-refractivity contribution is 6.31. The number of carbonyl (C=O) groups is 1. The number of aliphatic hydroxyl groups is 1. The van der Waals surface area contributed by atoms with Crippen LogP contribution in [0.1, 0.15) is 18.9 Å². The van der Waals surface area contributed by atoms with Crippen LogP contribution in [0.2, 0.25) is 5.02 Å². The number of urea groups is 1. The van der Waals surface area contributed by atoms with E-state index in [2.05, 4.69) is 5.32 Å². The molecule has 1 heterocycles. The number of hydrogen-bond donors (Lipinski definition) is 2. The minimum atomic E-state index is -0.444. The molecule has 0 bridgehead atoms. The van der Waals surface area contributed by atoms with Crippen molar-refractivity contribution in [3.05, 3.63) is 28.8 Å². The van der Waals surface area contributed by atoms with Crippen LogP contribution in [-0.2, 0) is 0 Å². The molecule has 2 amide bonds. The summed E-state index contributed by atoms with van der Waals surface area (Å²) in [6.45, 7) is 4.97. The van der Waals surface area contributed by atoms with E-state index in [4.69, 9.17) is 11.6 Å². The van der Waals surface area contributed by atoms with Crippen LogP contribution in [-0.4, -0.2) is 35.2 Å². The number of nitrogens with zero attached hydrogens (tertiary/aromatic N) is 1. The number of piperidine rings is 1. The molecule has 0 radical (unpaired) electrons. The second-order valence-corrected chi connectivity index (χ2v) is 5.61. The van der Waals surface area contributed by atoms with Gasteiger partial charge in [0.1, 0.15) is 0 Å². The van der Waals surface area contributed by atoms with Gasteiger partial charge < -0.3 is 15.3 Å². The molecule has 104 valence electrons. The zero-order valence-electron chi connectivity index (χ0n) is 11.2. The Bertz CT molecular complexity index is 479. The molecule has 1 aromatic rings. The quantitative estimate of drug-likeness (QED) is 0.832. The first-order valence-electron chi connectivity index (χ1n) is 6.47. The summed E-state index contributed by atoms with van der Waals surface area (Å²) in [4.78, 5) is 13.8.